The van der Waals surface area contributed by atoms with Crippen molar-refractivity contribution in [3.8, 4) is 16.9 Å². The van der Waals surface area contributed by atoms with Crippen molar-refractivity contribution in [2.75, 3.05) is 12.4 Å². The Hall–Kier alpha value is -2.99. The van der Waals surface area contributed by atoms with Crippen LogP contribution in [0, 0.1) is 0 Å². The van der Waals surface area contributed by atoms with E-state index in [0.29, 0.717) is 21.9 Å². The van der Waals surface area contributed by atoms with Crippen LogP contribution in [0.25, 0.3) is 16.6 Å². The maximum absolute atomic E-state index is 13.3. The molecule has 31 heavy (non-hydrogen) atoms. The number of carbonyl (C=O) groups excluding carboxylic acids is 2. The number of halogens is 3. The van der Waals surface area contributed by atoms with Crippen LogP contribution in [-0.2, 0) is 4.79 Å². The van der Waals surface area contributed by atoms with Gasteiger partial charge in [0.05, 0.1) is 27.9 Å². The first-order chi connectivity index (χ1) is 14.9. The number of benzene rings is 2. The number of ether oxygens (including phenoxy) is 1. The second kappa shape index (κ2) is 8.63. The average molecular weight is 474 g/mol. The van der Waals surface area contributed by atoms with Crippen molar-refractivity contribution in [1.29, 1.82) is 0 Å². The van der Waals surface area contributed by atoms with Gasteiger partial charge in [-0.25, -0.2) is 0 Å². The van der Waals surface area contributed by atoms with Gasteiger partial charge in [-0.3, -0.25) is 9.59 Å². The second-order valence-corrected chi connectivity index (χ2v) is 7.85. The third kappa shape index (κ3) is 4.00. The Balaban J connectivity index is 1.81. The van der Waals surface area contributed by atoms with Crippen LogP contribution in [0.4, 0.5) is 5.69 Å². The number of nitrogens with zero attached hydrogens (tertiary/aromatic N) is 1. The standard InChI is InChI=1S/C23H15Cl3N2O3/c1-31-19-9-8-13(11-18(19)26)15-12-14-5-2-3-10-28(14)21(15)22(29)23(30)27-20-16(24)6-4-7-17(20)25/h2-12H,1H3,(H,27,30). The molecule has 0 fully saturated rings. The minimum atomic E-state index is -0.861. The fourth-order valence-electron chi connectivity index (χ4n) is 3.30. The fraction of sp³-hybridized carbons (Fsp3) is 0.0435. The van der Waals surface area contributed by atoms with Gasteiger partial charge in [0.25, 0.3) is 11.7 Å². The number of hydrogen-bond acceptors (Lipinski definition) is 3. The Labute approximate surface area is 193 Å². The molecule has 5 nitrogen and oxygen atoms in total. The number of fused-ring (bicyclic) bond motifs is 1. The molecule has 4 rings (SSSR count). The van der Waals surface area contributed by atoms with Crippen LogP contribution < -0.4 is 10.1 Å². The lowest BCUT2D eigenvalue weighted by Crippen LogP contribution is -2.25. The number of rotatable bonds is 5. The summed E-state index contributed by atoms with van der Waals surface area (Å²) in [5.74, 6) is -1.10. The van der Waals surface area contributed by atoms with Crippen molar-refractivity contribution < 1.29 is 14.3 Å². The third-order valence-electron chi connectivity index (χ3n) is 4.77. The van der Waals surface area contributed by atoms with E-state index in [1.54, 1.807) is 53.1 Å². The molecule has 0 aliphatic carbocycles. The highest BCUT2D eigenvalue weighted by atomic mass is 35.5. The number of nitrogens with one attached hydrogen (secondary N) is 1. The third-order valence-corrected chi connectivity index (χ3v) is 5.69. The van der Waals surface area contributed by atoms with Crippen LogP contribution in [0.5, 0.6) is 5.75 Å². The van der Waals surface area contributed by atoms with Gasteiger partial charge < -0.3 is 14.5 Å². The quantitative estimate of drug-likeness (QED) is 0.270. The molecule has 4 aromatic rings. The molecular formula is C23H15Cl3N2O3. The lowest BCUT2D eigenvalue weighted by molar-refractivity contribution is -0.112. The molecule has 8 heteroatoms. The van der Waals surface area contributed by atoms with Crippen molar-refractivity contribution in [3.63, 3.8) is 0 Å². The fourth-order valence-corrected chi connectivity index (χ4v) is 4.05. The monoisotopic (exact) mass is 472 g/mol. The van der Waals surface area contributed by atoms with Gasteiger partial charge in [0.2, 0.25) is 0 Å². The van der Waals surface area contributed by atoms with Crippen molar-refractivity contribution in [1.82, 2.24) is 4.40 Å². The van der Waals surface area contributed by atoms with Crippen molar-refractivity contribution >= 4 is 57.7 Å². The molecule has 2 heterocycles. The minimum Gasteiger partial charge on any atom is -0.495 e. The Morgan fingerprint density at radius 2 is 1.65 bits per heavy atom. The number of methoxy groups -OCH3 is 1. The highest BCUT2D eigenvalue weighted by Crippen LogP contribution is 2.35. The lowest BCUT2D eigenvalue weighted by atomic mass is 10.0. The van der Waals surface area contributed by atoms with E-state index >= 15 is 0 Å². The van der Waals surface area contributed by atoms with Gasteiger partial charge in [-0.2, -0.15) is 0 Å². The SMILES string of the molecule is COc1ccc(-c2cc3ccccn3c2C(=O)C(=O)Nc2c(Cl)cccc2Cl)cc1Cl. The molecule has 0 atom stereocenters. The van der Waals surface area contributed by atoms with Crippen LogP contribution in [0.2, 0.25) is 15.1 Å². The molecule has 2 aromatic heterocycles. The molecule has 0 unspecified atom stereocenters. The maximum atomic E-state index is 13.3. The molecule has 0 saturated heterocycles. The molecule has 0 bridgehead atoms. The van der Waals surface area contributed by atoms with Gasteiger partial charge in [0, 0.05) is 17.3 Å². The van der Waals surface area contributed by atoms with Crippen molar-refractivity contribution in [2.45, 2.75) is 0 Å². The molecule has 1 N–H and O–H groups in total. The first-order valence-electron chi connectivity index (χ1n) is 9.14. The molecular weight excluding hydrogens is 459 g/mol. The van der Waals surface area contributed by atoms with E-state index in [9.17, 15) is 9.59 Å². The first-order valence-corrected chi connectivity index (χ1v) is 10.3. The second-order valence-electron chi connectivity index (χ2n) is 6.63. The van der Waals surface area contributed by atoms with Crippen molar-refractivity contribution in [2.24, 2.45) is 0 Å². The number of aromatic nitrogens is 1. The molecule has 0 spiro atoms. The topological polar surface area (TPSA) is 59.8 Å². The van der Waals surface area contributed by atoms with E-state index in [4.69, 9.17) is 39.5 Å². The Morgan fingerprint density at radius 1 is 0.903 bits per heavy atom. The number of hydrogen-bond donors (Lipinski definition) is 1. The van der Waals surface area contributed by atoms with Gasteiger partial charge in [0.1, 0.15) is 11.4 Å². The molecule has 2 aromatic carbocycles. The number of carbonyl (C=O) groups is 2. The van der Waals surface area contributed by atoms with Crippen LogP contribution in [0.15, 0.2) is 66.9 Å². The van der Waals surface area contributed by atoms with E-state index < -0.39 is 11.7 Å². The lowest BCUT2D eigenvalue weighted by Gasteiger charge is -2.11. The molecule has 0 aliphatic rings. The van der Waals surface area contributed by atoms with Gasteiger partial charge >= 0.3 is 0 Å². The first kappa shape index (κ1) is 21.2. The van der Waals surface area contributed by atoms with E-state index in [-0.39, 0.29) is 21.4 Å². The Morgan fingerprint density at radius 3 is 2.32 bits per heavy atom. The summed E-state index contributed by atoms with van der Waals surface area (Å²) in [6, 6.07) is 17.3. The summed E-state index contributed by atoms with van der Waals surface area (Å²) in [7, 11) is 1.52. The number of amides is 1. The largest absolute Gasteiger partial charge is 0.495 e. The summed E-state index contributed by atoms with van der Waals surface area (Å²) in [5.41, 5.74) is 2.34. The zero-order valence-corrected chi connectivity index (χ0v) is 18.4. The van der Waals surface area contributed by atoms with Crippen LogP contribution in [-0.4, -0.2) is 23.2 Å². The normalized spacial score (nSPS) is 10.8. The Kier molecular flexibility index (Phi) is 5.92. The average Bonchev–Trinajstić information content (AvgIpc) is 3.15. The summed E-state index contributed by atoms with van der Waals surface area (Å²) in [6.07, 6.45) is 1.72. The highest BCUT2D eigenvalue weighted by molar-refractivity contribution is 6.49. The van der Waals surface area contributed by atoms with Gasteiger partial charge in [-0.1, -0.05) is 53.0 Å². The molecule has 0 radical (unpaired) electrons. The molecule has 0 saturated carbocycles. The van der Waals surface area contributed by atoms with E-state index in [2.05, 4.69) is 5.32 Å². The molecule has 0 aliphatic heterocycles. The van der Waals surface area contributed by atoms with Crippen LogP contribution in [0.1, 0.15) is 10.5 Å². The number of ketones is 1. The number of para-hydroxylation sites is 1. The maximum Gasteiger partial charge on any atom is 0.298 e. The predicted octanol–water partition coefficient (Wildman–Crippen LogP) is 6.40. The van der Waals surface area contributed by atoms with Gasteiger partial charge in [0.15, 0.2) is 0 Å². The zero-order valence-electron chi connectivity index (χ0n) is 16.2. The smallest absolute Gasteiger partial charge is 0.298 e. The van der Waals surface area contributed by atoms with Gasteiger partial charge in [-0.05, 0) is 48.0 Å². The Bertz CT molecular complexity index is 1310. The number of anilines is 1. The summed E-state index contributed by atoms with van der Waals surface area (Å²) in [4.78, 5) is 26.1. The number of Topliss-reactive ketones (excluding diaryl/α,β-unsaturated/α-hetero) is 1. The van der Waals surface area contributed by atoms with E-state index in [1.807, 2.05) is 18.2 Å². The van der Waals surface area contributed by atoms with E-state index in [1.165, 1.54) is 7.11 Å². The molecule has 1 amide bonds. The molecule has 156 valence electrons. The highest BCUT2D eigenvalue weighted by Gasteiger charge is 2.26. The summed E-state index contributed by atoms with van der Waals surface area (Å²) in [5, 5.41) is 3.38. The number of pyridine rings is 1. The summed E-state index contributed by atoms with van der Waals surface area (Å²) >= 11 is 18.5. The van der Waals surface area contributed by atoms with Crippen LogP contribution >= 0.6 is 34.8 Å². The minimum absolute atomic E-state index is 0.180. The van der Waals surface area contributed by atoms with E-state index in [0.717, 1.165) is 5.52 Å². The zero-order chi connectivity index (χ0) is 22.1. The summed E-state index contributed by atoms with van der Waals surface area (Å²) in [6.45, 7) is 0. The predicted molar refractivity (Wildman–Crippen MR) is 124 cm³/mol. The van der Waals surface area contributed by atoms with Crippen molar-refractivity contribution in [3.05, 3.63) is 87.6 Å². The summed E-state index contributed by atoms with van der Waals surface area (Å²) < 4.78 is 6.86. The van der Waals surface area contributed by atoms with Gasteiger partial charge in [-0.15, -0.1) is 0 Å². The van der Waals surface area contributed by atoms with Crippen LogP contribution in [0.3, 0.4) is 0 Å².